The van der Waals surface area contributed by atoms with Crippen molar-refractivity contribution in [2.45, 2.75) is 13.3 Å². The summed E-state index contributed by atoms with van der Waals surface area (Å²) in [6.45, 7) is 2.48. The quantitative estimate of drug-likeness (QED) is 0.233. The van der Waals surface area contributed by atoms with Crippen LogP contribution in [0.4, 0.5) is 0 Å². The predicted molar refractivity (Wildman–Crippen MR) is 155 cm³/mol. The highest BCUT2D eigenvalue weighted by molar-refractivity contribution is 6.44. The molecule has 0 radical (unpaired) electrons. The molecule has 0 atom stereocenters. The van der Waals surface area contributed by atoms with E-state index in [1.807, 2.05) is 49.4 Å². The molecule has 0 spiro atoms. The van der Waals surface area contributed by atoms with Crippen LogP contribution in [-0.2, 0) is 16.0 Å². The largest absolute Gasteiger partial charge is 0.494 e. The molecule has 1 heterocycles. The smallest absolute Gasteiger partial charge is 0.162 e. The van der Waals surface area contributed by atoms with E-state index in [0.29, 0.717) is 56.3 Å². The second-order valence-electron chi connectivity index (χ2n) is 8.97. The second kappa shape index (κ2) is 11.1. The molecule has 0 fully saturated rings. The maximum atomic E-state index is 12.0. The van der Waals surface area contributed by atoms with Crippen LogP contribution in [0, 0.1) is 5.41 Å². The van der Waals surface area contributed by atoms with Gasteiger partial charge < -0.3 is 19.9 Å². The zero-order chi connectivity index (χ0) is 27.7. The zero-order valence-electron chi connectivity index (χ0n) is 21.3. The first-order valence-electron chi connectivity index (χ1n) is 12.2. The van der Waals surface area contributed by atoms with Crippen LogP contribution in [0.2, 0.25) is 10.0 Å². The van der Waals surface area contributed by atoms with Crippen LogP contribution in [0.5, 0.6) is 17.2 Å². The number of hydrogen-bond donors (Lipinski definition) is 2. The number of ketones is 1. The fourth-order valence-electron chi connectivity index (χ4n) is 4.70. The average Bonchev–Trinajstić information content (AvgIpc) is 3.19. The van der Waals surface area contributed by atoms with Gasteiger partial charge in [0.05, 0.1) is 11.6 Å². The number of ether oxygens (including phenoxy) is 3. The summed E-state index contributed by atoms with van der Waals surface area (Å²) in [4.78, 5) is 16.2. The van der Waals surface area contributed by atoms with Crippen LogP contribution in [0.15, 0.2) is 65.7 Å². The molecule has 4 aromatic carbocycles. The Morgan fingerprint density at radius 1 is 1.03 bits per heavy atom. The van der Waals surface area contributed by atoms with E-state index in [1.165, 1.54) is 7.11 Å². The van der Waals surface area contributed by atoms with E-state index in [-0.39, 0.29) is 35.5 Å². The van der Waals surface area contributed by atoms with Crippen molar-refractivity contribution in [1.82, 2.24) is 0 Å². The third-order valence-electron chi connectivity index (χ3n) is 6.30. The van der Waals surface area contributed by atoms with Gasteiger partial charge in [-0.1, -0.05) is 47.5 Å². The molecule has 3 N–H and O–H groups in total. The molecule has 198 valence electrons. The average molecular weight is 562 g/mol. The number of methoxy groups -OCH3 is 1. The summed E-state index contributed by atoms with van der Waals surface area (Å²) in [5, 5.41) is 10.3. The third-order valence-corrected chi connectivity index (χ3v) is 7.07. The van der Waals surface area contributed by atoms with Crippen LogP contribution >= 0.6 is 23.2 Å². The maximum Gasteiger partial charge on any atom is 0.162 e. The van der Waals surface area contributed by atoms with Crippen molar-refractivity contribution in [3.8, 4) is 28.4 Å². The highest BCUT2D eigenvalue weighted by Crippen LogP contribution is 2.48. The second-order valence-corrected chi connectivity index (χ2v) is 9.76. The molecular formula is C30H25Cl2N3O4. The van der Waals surface area contributed by atoms with Gasteiger partial charge >= 0.3 is 0 Å². The summed E-state index contributed by atoms with van der Waals surface area (Å²) in [6.07, 6.45) is 0.256. The highest BCUT2D eigenvalue weighted by Gasteiger charge is 2.28. The summed E-state index contributed by atoms with van der Waals surface area (Å²) in [5.74, 6) is 1.81. The van der Waals surface area contributed by atoms with Crippen LogP contribution in [0.1, 0.15) is 23.6 Å². The van der Waals surface area contributed by atoms with Gasteiger partial charge in [-0.05, 0) is 59.8 Å². The molecule has 0 unspecified atom stereocenters. The Kier molecular flexibility index (Phi) is 7.57. The Balaban J connectivity index is 1.70. The first kappa shape index (κ1) is 26.7. The molecule has 9 heteroatoms. The first-order chi connectivity index (χ1) is 18.8. The lowest BCUT2D eigenvalue weighted by Crippen LogP contribution is -2.12. The van der Waals surface area contributed by atoms with Crippen molar-refractivity contribution in [3.63, 3.8) is 0 Å². The summed E-state index contributed by atoms with van der Waals surface area (Å²) in [5.41, 5.74) is 9.91. The number of aliphatic imine (C=N–C) groups is 1. The molecule has 0 saturated heterocycles. The third kappa shape index (κ3) is 5.21. The number of hydrogen-bond acceptors (Lipinski definition) is 6. The number of fused-ring (bicyclic) bond motifs is 2. The normalized spacial score (nSPS) is 12.4. The Hall–Kier alpha value is -3.91. The minimum absolute atomic E-state index is 0.0207. The molecule has 4 aromatic rings. The van der Waals surface area contributed by atoms with Crippen molar-refractivity contribution in [3.05, 3.63) is 87.4 Å². The van der Waals surface area contributed by atoms with Gasteiger partial charge in [-0.15, -0.1) is 0 Å². The van der Waals surface area contributed by atoms with Crippen LogP contribution < -0.4 is 15.2 Å². The lowest BCUT2D eigenvalue weighted by molar-refractivity contribution is -0.121. The van der Waals surface area contributed by atoms with Gasteiger partial charge in [0.1, 0.15) is 29.0 Å². The van der Waals surface area contributed by atoms with Gasteiger partial charge in [0, 0.05) is 35.6 Å². The lowest BCUT2D eigenvalue weighted by Gasteiger charge is -2.19. The standard InChI is InChI=1S/C30H25Cl2N3O4/c1-3-38-21-6-4-5-17(12-21)24-25-18(13-22-26(24)30(34)35-29(22)33)14-23(31)27(32)28(25)39-20-9-7-16(8-10-20)11-19(36)15-37-2/h4-10,12-14H,3,11,15H2,1-2H3,(H3,33,34,35). The molecular weight excluding hydrogens is 537 g/mol. The topological polar surface area (TPSA) is 107 Å². The van der Waals surface area contributed by atoms with E-state index in [1.54, 1.807) is 18.2 Å². The number of rotatable bonds is 9. The van der Waals surface area contributed by atoms with Crippen LogP contribution in [0.25, 0.3) is 21.9 Å². The van der Waals surface area contributed by atoms with E-state index in [4.69, 9.17) is 48.6 Å². The number of halogens is 2. The maximum absolute atomic E-state index is 12.0. The van der Waals surface area contributed by atoms with Crippen molar-refractivity contribution < 1.29 is 19.0 Å². The minimum atomic E-state index is -0.0207. The SMILES string of the molecule is CCOc1cccc(-c2c3c(cc4cc(Cl)c(Cl)c(Oc5ccc(CC(=O)COC)cc5)c24)C(=N)N=C3N)c1. The lowest BCUT2D eigenvalue weighted by atomic mass is 9.89. The molecule has 0 bridgehead atoms. The Morgan fingerprint density at radius 3 is 2.51 bits per heavy atom. The monoisotopic (exact) mass is 561 g/mol. The van der Waals surface area contributed by atoms with E-state index < -0.39 is 0 Å². The summed E-state index contributed by atoms with van der Waals surface area (Å²) < 4.78 is 17.1. The molecule has 0 aromatic heterocycles. The van der Waals surface area contributed by atoms with Crippen molar-refractivity contribution in [1.29, 1.82) is 5.41 Å². The number of benzene rings is 4. The minimum Gasteiger partial charge on any atom is -0.494 e. The number of nitrogens with two attached hydrogens (primary N) is 1. The fraction of sp³-hybridized carbons (Fsp3) is 0.167. The van der Waals surface area contributed by atoms with Gasteiger partial charge in [-0.3, -0.25) is 10.2 Å². The summed E-state index contributed by atoms with van der Waals surface area (Å²) in [6, 6.07) is 18.4. The Morgan fingerprint density at radius 2 is 1.79 bits per heavy atom. The highest BCUT2D eigenvalue weighted by atomic mass is 35.5. The number of nitrogens with one attached hydrogen (secondary N) is 1. The summed E-state index contributed by atoms with van der Waals surface area (Å²) in [7, 11) is 1.49. The van der Waals surface area contributed by atoms with Gasteiger partial charge in [0.25, 0.3) is 0 Å². The first-order valence-corrected chi connectivity index (χ1v) is 13.0. The molecule has 39 heavy (non-hydrogen) atoms. The van der Waals surface area contributed by atoms with Crippen molar-refractivity contribution in [2.24, 2.45) is 10.7 Å². The van der Waals surface area contributed by atoms with Crippen molar-refractivity contribution in [2.75, 3.05) is 20.3 Å². The van der Waals surface area contributed by atoms with Crippen molar-refractivity contribution >= 4 is 51.4 Å². The van der Waals surface area contributed by atoms with E-state index >= 15 is 0 Å². The molecule has 7 nitrogen and oxygen atoms in total. The van der Waals surface area contributed by atoms with Gasteiger partial charge in [-0.2, -0.15) is 0 Å². The number of carbonyl (C=O) groups excluding carboxylic acids is 1. The van der Waals surface area contributed by atoms with E-state index in [2.05, 4.69) is 4.99 Å². The van der Waals surface area contributed by atoms with Gasteiger partial charge in [0.15, 0.2) is 17.4 Å². The number of Topliss-reactive ketones (excluding diaryl/α,β-unsaturated/α-hetero) is 1. The number of amidine groups is 2. The molecule has 0 aliphatic carbocycles. The molecule has 5 rings (SSSR count). The number of nitrogens with zero attached hydrogens (tertiary/aromatic N) is 1. The summed E-state index contributed by atoms with van der Waals surface area (Å²) >= 11 is 13.3. The van der Waals surface area contributed by atoms with Crippen LogP contribution in [-0.4, -0.2) is 37.8 Å². The zero-order valence-corrected chi connectivity index (χ0v) is 22.8. The van der Waals surface area contributed by atoms with Gasteiger partial charge in [-0.25, -0.2) is 4.99 Å². The molecule has 0 amide bonds. The van der Waals surface area contributed by atoms with Gasteiger partial charge in [0.2, 0.25) is 0 Å². The number of carbonyl (C=O) groups is 1. The van der Waals surface area contributed by atoms with E-state index in [9.17, 15) is 4.79 Å². The predicted octanol–water partition coefficient (Wildman–Crippen LogP) is 6.81. The molecule has 0 saturated carbocycles. The molecule has 1 aliphatic rings. The fourth-order valence-corrected chi connectivity index (χ4v) is 5.09. The van der Waals surface area contributed by atoms with E-state index in [0.717, 1.165) is 11.1 Å². The Labute approximate surface area is 235 Å². The molecule has 1 aliphatic heterocycles. The Bertz CT molecular complexity index is 1650. The van der Waals surface area contributed by atoms with Crippen LogP contribution in [0.3, 0.4) is 0 Å².